The van der Waals surface area contributed by atoms with Crippen molar-refractivity contribution in [1.29, 1.82) is 0 Å². The highest BCUT2D eigenvalue weighted by molar-refractivity contribution is 14.1. The van der Waals surface area contributed by atoms with Crippen LogP contribution in [0.2, 0.25) is 0 Å². The molecule has 1 rings (SSSR count). The zero-order valence-electron chi connectivity index (χ0n) is 7.59. The minimum Gasteiger partial charge on any atom is -0.368 e. The Bertz CT molecular complexity index is 409. The van der Waals surface area contributed by atoms with Crippen molar-refractivity contribution in [1.82, 2.24) is 5.32 Å². The zero-order chi connectivity index (χ0) is 11.4. The SMILES string of the molecule is NC(=O)CNC(=O)c1cc(I)ccc1Br. The van der Waals surface area contributed by atoms with Gasteiger partial charge in [-0.25, -0.2) is 0 Å². The number of amides is 2. The molecule has 0 unspecified atom stereocenters. The normalized spacial score (nSPS) is 9.73. The Morgan fingerprint density at radius 1 is 1.47 bits per heavy atom. The van der Waals surface area contributed by atoms with E-state index < -0.39 is 5.91 Å². The van der Waals surface area contributed by atoms with Crippen LogP contribution in [0, 0.1) is 3.57 Å². The average molecular weight is 383 g/mol. The van der Waals surface area contributed by atoms with Crippen LogP contribution < -0.4 is 11.1 Å². The van der Waals surface area contributed by atoms with Crippen LogP contribution in [0.1, 0.15) is 10.4 Å². The molecule has 0 aliphatic rings. The Kier molecular flexibility index (Phi) is 4.52. The van der Waals surface area contributed by atoms with Crippen LogP contribution in [0.15, 0.2) is 22.7 Å². The number of carbonyl (C=O) groups excluding carboxylic acids is 2. The third-order valence-electron chi connectivity index (χ3n) is 1.60. The van der Waals surface area contributed by atoms with Crippen molar-refractivity contribution in [2.24, 2.45) is 5.73 Å². The highest BCUT2D eigenvalue weighted by Gasteiger charge is 2.10. The summed E-state index contributed by atoms with van der Waals surface area (Å²) in [6.45, 7) is -0.156. The fourth-order valence-electron chi connectivity index (χ4n) is 0.934. The molecule has 80 valence electrons. The second kappa shape index (κ2) is 5.45. The van der Waals surface area contributed by atoms with E-state index in [1.54, 1.807) is 12.1 Å². The summed E-state index contributed by atoms with van der Waals surface area (Å²) in [4.78, 5) is 22.1. The zero-order valence-corrected chi connectivity index (χ0v) is 11.3. The largest absolute Gasteiger partial charge is 0.368 e. The fraction of sp³-hybridized carbons (Fsp3) is 0.111. The molecule has 0 fully saturated rings. The number of hydrogen-bond acceptors (Lipinski definition) is 2. The van der Waals surface area contributed by atoms with E-state index in [1.807, 2.05) is 6.07 Å². The molecule has 1 aromatic rings. The number of nitrogens with two attached hydrogens (primary N) is 1. The van der Waals surface area contributed by atoms with E-state index in [0.29, 0.717) is 10.0 Å². The van der Waals surface area contributed by atoms with Crippen molar-refractivity contribution >= 4 is 50.3 Å². The highest BCUT2D eigenvalue weighted by atomic mass is 127. The van der Waals surface area contributed by atoms with Crippen LogP contribution in [0.25, 0.3) is 0 Å². The summed E-state index contributed by atoms with van der Waals surface area (Å²) in [6.07, 6.45) is 0. The van der Waals surface area contributed by atoms with Gasteiger partial charge in [-0.1, -0.05) is 0 Å². The molecule has 0 bridgehead atoms. The molecule has 0 radical (unpaired) electrons. The quantitative estimate of drug-likeness (QED) is 0.772. The minimum atomic E-state index is -0.565. The summed E-state index contributed by atoms with van der Waals surface area (Å²) >= 11 is 5.36. The van der Waals surface area contributed by atoms with Crippen LogP contribution >= 0.6 is 38.5 Å². The Hall–Kier alpha value is -0.630. The number of primary amides is 1. The molecule has 4 nitrogen and oxygen atoms in total. The first-order valence-electron chi connectivity index (χ1n) is 4.02. The predicted molar refractivity (Wildman–Crippen MR) is 68.4 cm³/mol. The molecule has 6 heteroatoms. The van der Waals surface area contributed by atoms with Gasteiger partial charge in [0.1, 0.15) is 0 Å². The van der Waals surface area contributed by atoms with Crippen molar-refractivity contribution in [3.05, 3.63) is 31.8 Å². The van der Waals surface area contributed by atoms with Gasteiger partial charge in [-0.05, 0) is 56.7 Å². The van der Waals surface area contributed by atoms with Crippen molar-refractivity contribution in [2.45, 2.75) is 0 Å². The Morgan fingerprint density at radius 2 is 2.13 bits per heavy atom. The average Bonchev–Trinajstić information content (AvgIpc) is 2.18. The van der Waals surface area contributed by atoms with E-state index >= 15 is 0 Å². The Labute approximate surface area is 109 Å². The minimum absolute atomic E-state index is 0.156. The van der Waals surface area contributed by atoms with Crippen LogP contribution in [0.3, 0.4) is 0 Å². The predicted octanol–water partition coefficient (Wildman–Crippen LogP) is 1.27. The first-order valence-corrected chi connectivity index (χ1v) is 5.89. The summed E-state index contributed by atoms with van der Waals surface area (Å²) in [6, 6.07) is 5.37. The van der Waals surface area contributed by atoms with Gasteiger partial charge in [0.2, 0.25) is 5.91 Å². The lowest BCUT2D eigenvalue weighted by molar-refractivity contribution is -0.117. The molecular weight excluding hydrogens is 375 g/mol. The number of halogens is 2. The molecule has 0 saturated carbocycles. The van der Waals surface area contributed by atoms with Crippen LogP contribution in [-0.4, -0.2) is 18.4 Å². The van der Waals surface area contributed by atoms with Crippen LogP contribution in [0.5, 0.6) is 0 Å². The molecule has 15 heavy (non-hydrogen) atoms. The molecule has 3 N–H and O–H groups in total. The van der Waals surface area contributed by atoms with Crippen molar-refractivity contribution in [3.63, 3.8) is 0 Å². The van der Waals surface area contributed by atoms with E-state index in [1.165, 1.54) is 0 Å². The Morgan fingerprint density at radius 3 is 2.73 bits per heavy atom. The third kappa shape index (κ3) is 3.78. The molecule has 0 spiro atoms. The highest BCUT2D eigenvalue weighted by Crippen LogP contribution is 2.19. The van der Waals surface area contributed by atoms with Gasteiger partial charge in [0.15, 0.2) is 0 Å². The molecule has 0 saturated heterocycles. The fourth-order valence-corrected chi connectivity index (χ4v) is 1.85. The van der Waals surface area contributed by atoms with Crippen molar-refractivity contribution in [2.75, 3.05) is 6.54 Å². The standard InChI is InChI=1S/C9H8BrIN2O2/c10-7-2-1-5(11)3-6(7)9(15)13-4-8(12)14/h1-3H,4H2,(H2,12,14)(H,13,15). The number of rotatable bonds is 3. The monoisotopic (exact) mass is 382 g/mol. The molecule has 2 amide bonds. The lowest BCUT2D eigenvalue weighted by Gasteiger charge is -2.05. The molecule has 0 atom stereocenters. The molecule has 0 heterocycles. The molecule has 0 aromatic heterocycles. The van der Waals surface area contributed by atoms with Crippen molar-refractivity contribution < 1.29 is 9.59 Å². The first-order chi connectivity index (χ1) is 7.00. The summed E-state index contributed by atoms with van der Waals surface area (Å²) in [5.41, 5.74) is 5.41. The van der Waals surface area contributed by atoms with Crippen LogP contribution in [-0.2, 0) is 4.79 Å². The van der Waals surface area contributed by atoms with Gasteiger partial charge in [0.25, 0.3) is 5.91 Å². The maximum absolute atomic E-state index is 11.6. The lowest BCUT2D eigenvalue weighted by Crippen LogP contribution is -2.33. The van der Waals surface area contributed by atoms with Gasteiger partial charge >= 0.3 is 0 Å². The van der Waals surface area contributed by atoms with E-state index in [9.17, 15) is 9.59 Å². The molecule has 0 aliphatic carbocycles. The summed E-state index contributed by atoms with van der Waals surface area (Å²) in [5.74, 6) is -0.885. The van der Waals surface area contributed by atoms with Gasteiger partial charge in [0.05, 0.1) is 12.1 Å². The van der Waals surface area contributed by atoms with Gasteiger partial charge < -0.3 is 11.1 Å². The van der Waals surface area contributed by atoms with Gasteiger partial charge in [-0.3, -0.25) is 9.59 Å². The van der Waals surface area contributed by atoms with E-state index in [-0.39, 0.29) is 12.5 Å². The Balaban J connectivity index is 2.81. The van der Waals surface area contributed by atoms with Crippen molar-refractivity contribution in [3.8, 4) is 0 Å². The van der Waals surface area contributed by atoms with E-state index in [0.717, 1.165) is 3.57 Å². The topological polar surface area (TPSA) is 72.2 Å². The molecular formula is C9H8BrIN2O2. The number of hydrogen-bond donors (Lipinski definition) is 2. The smallest absolute Gasteiger partial charge is 0.252 e. The maximum atomic E-state index is 11.6. The summed E-state index contributed by atoms with van der Waals surface area (Å²) < 4.78 is 1.63. The van der Waals surface area contributed by atoms with E-state index in [2.05, 4.69) is 43.8 Å². The maximum Gasteiger partial charge on any atom is 0.252 e. The lowest BCUT2D eigenvalue weighted by atomic mass is 10.2. The second-order valence-electron chi connectivity index (χ2n) is 2.77. The van der Waals surface area contributed by atoms with Gasteiger partial charge in [-0.15, -0.1) is 0 Å². The number of carbonyl (C=O) groups is 2. The van der Waals surface area contributed by atoms with E-state index in [4.69, 9.17) is 5.73 Å². The number of nitrogens with one attached hydrogen (secondary N) is 1. The molecule has 1 aromatic carbocycles. The first kappa shape index (κ1) is 12.4. The molecule has 0 aliphatic heterocycles. The summed E-state index contributed by atoms with van der Waals surface area (Å²) in [5, 5.41) is 2.42. The van der Waals surface area contributed by atoms with Crippen LogP contribution in [0.4, 0.5) is 0 Å². The van der Waals surface area contributed by atoms with Gasteiger partial charge in [-0.2, -0.15) is 0 Å². The third-order valence-corrected chi connectivity index (χ3v) is 2.96. The summed E-state index contributed by atoms with van der Waals surface area (Å²) in [7, 11) is 0. The van der Waals surface area contributed by atoms with Gasteiger partial charge in [0, 0.05) is 8.04 Å². The number of benzene rings is 1. The second-order valence-corrected chi connectivity index (χ2v) is 4.87.